The molecule has 2 N–H and O–H groups in total. The van der Waals surface area contributed by atoms with Gasteiger partial charge in [-0.15, -0.1) is 10.2 Å². The van der Waals surface area contributed by atoms with Crippen molar-refractivity contribution in [1.82, 2.24) is 10.2 Å². The Labute approximate surface area is 124 Å². The standard InChI is InChI=1S/C10H11N5O4S2/c1-6-12-13-10(20-6)14-21(18,19)8-5-3-4-7(11-2)9(8)15(16)17/h3-5,11H,1-2H3,(H,13,14). The Kier molecular flexibility index (Phi) is 4.04. The molecule has 0 saturated heterocycles. The molecule has 1 aromatic carbocycles. The molecule has 0 amide bonds. The van der Waals surface area contributed by atoms with E-state index in [1.165, 1.54) is 19.2 Å². The summed E-state index contributed by atoms with van der Waals surface area (Å²) in [7, 11) is -2.66. The summed E-state index contributed by atoms with van der Waals surface area (Å²) < 4.78 is 26.8. The molecule has 2 rings (SSSR count). The number of rotatable bonds is 5. The topological polar surface area (TPSA) is 127 Å². The maximum atomic E-state index is 12.3. The van der Waals surface area contributed by atoms with Gasteiger partial charge in [0.1, 0.15) is 10.7 Å². The molecular weight excluding hydrogens is 318 g/mol. The van der Waals surface area contributed by atoms with Gasteiger partial charge in [0.15, 0.2) is 4.90 Å². The van der Waals surface area contributed by atoms with Crippen molar-refractivity contribution in [3.63, 3.8) is 0 Å². The highest BCUT2D eigenvalue weighted by Gasteiger charge is 2.29. The van der Waals surface area contributed by atoms with Crippen LogP contribution in [0.15, 0.2) is 23.1 Å². The number of anilines is 2. The fraction of sp³-hybridized carbons (Fsp3) is 0.200. The normalized spacial score (nSPS) is 11.1. The number of hydrogen-bond donors (Lipinski definition) is 2. The van der Waals surface area contributed by atoms with Crippen molar-refractivity contribution >= 4 is 37.9 Å². The van der Waals surface area contributed by atoms with E-state index in [-0.39, 0.29) is 10.8 Å². The third-order valence-corrected chi connectivity index (χ3v) is 4.74. The summed E-state index contributed by atoms with van der Waals surface area (Å²) in [6.45, 7) is 1.67. The Morgan fingerprint density at radius 2 is 2.05 bits per heavy atom. The lowest BCUT2D eigenvalue weighted by molar-refractivity contribution is -0.386. The first kappa shape index (κ1) is 15.1. The number of benzene rings is 1. The SMILES string of the molecule is CNc1cccc(S(=O)(=O)Nc2nnc(C)s2)c1[N+](=O)[O-]. The average Bonchev–Trinajstić information content (AvgIpc) is 2.82. The van der Waals surface area contributed by atoms with Crippen LogP contribution in [0.5, 0.6) is 0 Å². The van der Waals surface area contributed by atoms with Crippen LogP contribution < -0.4 is 10.0 Å². The largest absolute Gasteiger partial charge is 0.383 e. The zero-order valence-electron chi connectivity index (χ0n) is 11.0. The number of nitro groups is 1. The monoisotopic (exact) mass is 329 g/mol. The average molecular weight is 329 g/mol. The summed E-state index contributed by atoms with van der Waals surface area (Å²) in [6.07, 6.45) is 0. The maximum Gasteiger partial charge on any atom is 0.312 e. The Morgan fingerprint density at radius 3 is 2.57 bits per heavy atom. The van der Waals surface area contributed by atoms with Gasteiger partial charge in [-0.25, -0.2) is 8.42 Å². The highest BCUT2D eigenvalue weighted by molar-refractivity contribution is 7.93. The summed E-state index contributed by atoms with van der Waals surface area (Å²) in [5.74, 6) is 0. The molecule has 0 atom stereocenters. The molecule has 0 saturated carbocycles. The Morgan fingerprint density at radius 1 is 1.33 bits per heavy atom. The lowest BCUT2D eigenvalue weighted by Crippen LogP contribution is -2.15. The Hall–Kier alpha value is -2.27. The van der Waals surface area contributed by atoms with Crippen LogP contribution in [0.2, 0.25) is 0 Å². The highest BCUT2D eigenvalue weighted by atomic mass is 32.2. The molecule has 11 heteroatoms. The number of aromatic nitrogens is 2. The van der Waals surface area contributed by atoms with Crippen LogP contribution in [-0.2, 0) is 10.0 Å². The van der Waals surface area contributed by atoms with Crippen LogP contribution in [0.1, 0.15) is 5.01 Å². The van der Waals surface area contributed by atoms with E-state index in [9.17, 15) is 18.5 Å². The first-order valence-corrected chi connectivity index (χ1v) is 7.93. The van der Waals surface area contributed by atoms with Gasteiger partial charge in [0.2, 0.25) is 5.13 Å². The van der Waals surface area contributed by atoms with Crippen molar-refractivity contribution in [3.8, 4) is 0 Å². The zero-order chi connectivity index (χ0) is 15.6. The van der Waals surface area contributed by atoms with Gasteiger partial charge in [0.05, 0.1) is 4.92 Å². The molecule has 0 aliphatic heterocycles. The van der Waals surface area contributed by atoms with Crippen LogP contribution in [0.4, 0.5) is 16.5 Å². The molecular formula is C10H11N5O4S2. The van der Waals surface area contributed by atoms with Gasteiger partial charge in [-0.05, 0) is 19.1 Å². The molecule has 21 heavy (non-hydrogen) atoms. The molecule has 0 bridgehead atoms. The predicted octanol–water partition coefficient (Wildman–Crippen LogP) is 1.60. The lowest BCUT2D eigenvalue weighted by atomic mass is 10.3. The fourth-order valence-corrected chi connectivity index (χ4v) is 3.65. The predicted molar refractivity (Wildman–Crippen MR) is 78.1 cm³/mol. The van der Waals surface area contributed by atoms with Crippen molar-refractivity contribution in [2.75, 3.05) is 17.1 Å². The zero-order valence-corrected chi connectivity index (χ0v) is 12.7. The fourth-order valence-electron chi connectivity index (χ4n) is 1.64. The molecule has 1 aromatic heterocycles. The van der Waals surface area contributed by atoms with Gasteiger partial charge < -0.3 is 5.32 Å². The second-order valence-corrected chi connectivity index (χ2v) is 6.72. The Balaban J connectivity index is 2.52. The number of hydrogen-bond acceptors (Lipinski definition) is 8. The van der Waals surface area contributed by atoms with E-state index >= 15 is 0 Å². The first-order chi connectivity index (χ1) is 9.85. The number of nitro benzene ring substituents is 1. The van der Waals surface area contributed by atoms with Crippen molar-refractivity contribution in [2.24, 2.45) is 0 Å². The van der Waals surface area contributed by atoms with Crippen LogP contribution in [0, 0.1) is 17.0 Å². The second kappa shape index (κ2) is 5.61. The smallest absolute Gasteiger partial charge is 0.312 e. The molecule has 0 spiro atoms. The highest BCUT2D eigenvalue weighted by Crippen LogP contribution is 2.32. The van der Waals surface area contributed by atoms with Gasteiger partial charge >= 0.3 is 5.69 Å². The van der Waals surface area contributed by atoms with Crippen molar-refractivity contribution in [3.05, 3.63) is 33.3 Å². The molecule has 0 aliphatic rings. The minimum Gasteiger partial charge on any atom is -0.383 e. The van der Waals surface area contributed by atoms with E-state index in [2.05, 4.69) is 20.2 Å². The molecule has 9 nitrogen and oxygen atoms in total. The van der Waals surface area contributed by atoms with Gasteiger partial charge in [-0.2, -0.15) is 0 Å². The number of sulfonamides is 1. The van der Waals surface area contributed by atoms with Gasteiger partial charge in [0.25, 0.3) is 10.0 Å². The summed E-state index contributed by atoms with van der Waals surface area (Å²) in [6, 6.07) is 4.00. The maximum absolute atomic E-state index is 12.3. The van der Waals surface area contributed by atoms with E-state index < -0.39 is 25.5 Å². The van der Waals surface area contributed by atoms with Crippen molar-refractivity contribution in [2.45, 2.75) is 11.8 Å². The van der Waals surface area contributed by atoms with Crippen LogP contribution in [-0.4, -0.2) is 30.6 Å². The number of aryl methyl sites for hydroxylation is 1. The summed E-state index contributed by atoms with van der Waals surface area (Å²) in [5.41, 5.74) is -0.412. The number of nitrogens with one attached hydrogen (secondary N) is 2. The molecule has 0 aliphatic carbocycles. The summed E-state index contributed by atoms with van der Waals surface area (Å²) in [4.78, 5) is 9.97. The minimum absolute atomic E-state index is 0.0525. The van der Waals surface area contributed by atoms with E-state index in [0.29, 0.717) is 5.01 Å². The molecule has 0 unspecified atom stereocenters. The molecule has 2 aromatic rings. The third kappa shape index (κ3) is 3.08. The van der Waals surface area contributed by atoms with E-state index in [4.69, 9.17) is 0 Å². The van der Waals surface area contributed by atoms with Crippen LogP contribution in [0.25, 0.3) is 0 Å². The summed E-state index contributed by atoms with van der Waals surface area (Å²) >= 11 is 1.04. The molecule has 1 heterocycles. The molecule has 112 valence electrons. The van der Waals surface area contributed by atoms with E-state index in [0.717, 1.165) is 17.4 Å². The minimum atomic E-state index is -4.13. The van der Waals surface area contributed by atoms with E-state index in [1.807, 2.05) is 0 Å². The number of nitrogens with zero attached hydrogens (tertiary/aromatic N) is 3. The van der Waals surface area contributed by atoms with E-state index in [1.54, 1.807) is 6.92 Å². The molecule has 0 fully saturated rings. The van der Waals surface area contributed by atoms with Gasteiger partial charge in [-0.1, -0.05) is 17.4 Å². The van der Waals surface area contributed by atoms with Crippen molar-refractivity contribution < 1.29 is 13.3 Å². The quantitative estimate of drug-likeness (QED) is 0.630. The van der Waals surface area contributed by atoms with Gasteiger partial charge in [-0.3, -0.25) is 14.8 Å². The number of para-hydroxylation sites is 1. The third-order valence-electron chi connectivity index (χ3n) is 2.49. The lowest BCUT2D eigenvalue weighted by Gasteiger charge is -2.08. The van der Waals surface area contributed by atoms with Crippen molar-refractivity contribution in [1.29, 1.82) is 0 Å². The Bertz CT molecular complexity index is 786. The van der Waals surface area contributed by atoms with Gasteiger partial charge in [0, 0.05) is 7.05 Å². The van der Waals surface area contributed by atoms with Crippen LogP contribution in [0.3, 0.4) is 0 Å². The summed E-state index contributed by atoms with van der Waals surface area (Å²) in [5, 5.41) is 21.7. The second-order valence-electron chi connectivity index (χ2n) is 3.89. The first-order valence-electron chi connectivity index (χ1n) is 5.63. The van der Waals surface area contributed by atoms with Crippen LogP contribution >= 0.6 is 11.3 Å². The molecule has 0 radical (unpaired) electrons.